The van der Waals surface area contributed by atoms with Gasteiger partial charge in [-0.1, -0.05) is 26.2 Å². The lowest BCUT2D eigenvalue weighted by Gasteiger charge is -2.31. The molecule has 1 fully saturated rings. The Labute approximate surface area is 123 Å². The molecule has 1 N–H and O–H groups in total. The van der Waals surface area contributed by atoms with Gasteiger partial charge in [0.15, 0.2) is 0 Å². The van der Waals surface area contributed by atoms with Crippen LogP contribution in [0.2, 0.25) is 0 Å². The maximum absolute atomic E-state index is 13.3. The SMILES string of the molecule is CC1(C(=O)Nc2cnc3ccc(F)cc3c2)CCCCC1. The van der Waals surface area contributed by atoms with E-state index >= 15 is 0 Å². The van der Waals surface area contributed by atoms with Gasteiger partial charge in [0, 0.05) is 10.8 Å². The van der Waals surface area contributed by atoms with Crippen molar-refractivity contribution < 1.29 is 9.18 Å². The third-order valence-electron chi connectivity index (χ3n) is 4.41. The van der Waals surface area contributed by atoms with Gasteiger partial charge >= 0.3 is 0 Å². The number of benzene rings is 1. The molecule has 0 saturated heterocycles. The molecule has 2 aromatic rings. The maximum atomic E-state index is 13.3. The van der Waals surface area contributed by atoms with E-state index in [4.69, 9.17) is 0 Å². The van der Waals surface area contributed by atoms with E-state index in [1.54, 1.807) is 18.3 Å². The highest BCUT2D eigenvalue weighted by molar-refractivity contribution is 5.96. The van der Waals surface area contributed by atoms with Crippen LogP contribution in [0, 0.1) is 11.2 Å². The first-order valence-electron chi connectivity index (χ1n) is 7.44. The highest BCUT2D eigenvalue weighted by atomic mass is 19.1. The van der Waals surface area contributed by atoms with Gasteiger partial charge in [-0.2, -0.15) is 0 Å². The molecule has 0 unspecified atom stereocenters. The van der Waals surface area contributed by atoms with Crippen LogP contribution in [0.4, 0.5) is 10.1 Å². The van der Waals surface area contributed by atoms with Crippen molar-refractivity contribution in [1.82, 2.24) is 4.98 Å². The van der Waals surface area contributed by atoms with Crippen LogP contribution in [-0.2, 0) is 4.79 Å². The molecule has 1 saturated carbocycles. The van der Waals surface area contributed by atoms with Gasteiger partial charge in [-0.15, -0.1) is 0 Å². The third kappa shape index (κ3) is 2.89. The summed E-state index contributed by atoms with van der Waals surface area (Å²) in [5.41, 5.74) is 1.05. The van der Waals surface area contributed by atoms with Gasteiger partial charge in [-0.3, -0.25) is 9.78 Å². The Hall–Kier alpha value is -1.97. The minimum Gasteiger partial charge on any atom is -0.324 e. The summed E-state index contributed by atoms with van der Waals surface area (Å²) in [5, 5.41) is 3.64. The van der Waals surface area contributed by atoms with Crippen molar-refractivity contribution in [3.8, 4) is 0 Å². The number of hydrogen-bond donors (Lipinski definition) is 1. The number of carbonyl (C=O) groups is 1. The van der Waals surface area contributed by atoms with E-state index in [0.29, 0.717) is 11.1 Å². The second-order valence-corrected chi connectivity index (χ2v) is 6.14. The Bertz CT molecular complexity index is 678. The lowest BCUT2D eigenvalue weighted by molar-refractivity contribution is -0.126. The fourth-order valence-corrected chi connectivity index (χ4v) is 3.01. The zero-order valence-corrected chi connectivity index (χ0v) is 12.2. The molecule has 1 aromatic heterocycles. The zero-order chi connectivity index (χ0) is 14.9. The van der Waals surface area contributed by atoms with Gasteiger partial charge in [0.25, 0.3) is 0 Å². The fourth-order valence-electron chi connectivity index (χ4n) is 3.01. The molecular formula is C17H19FN2O. The molecule has 1 aliphatic carbocycles. The number of anilines is 1. The number of hydrogen-bond acceptors (Lipinski definition) is 2. The van der Waals surface area contributed by atoms with Crippen molar-refractivity contribution in [2.45, 2.75) is 39.0 Å². The molecule has 3 rings (SSSR count). The van der Waals surface area contributed by atoms with Crippen molar-refractivity contribution >= 4 is 22.5 Å². The smallest absolute Gasteiger partial charge is 0.230 e. The summed E-state index contributed by atoms with van der Waals surface area (Å²) in [6.45, 7) is 2.02. The Balaban J connectivity index is 1.82. The van der Waals surface area contributed by atoms with Crippen molar-refractivity contribution in [2.75, 3.05) is 5.32 Å². The Kier molecular flexibility index (Phi) is 3.62. The summed E-state index contributed by atoms with van der Waals surface area (Å²) in [6, 6.07) is 6.23. The van der Waals surface area contributed by atoms with Crippen LogP contribution in [0.5, 0.6) is 0 Å². The van der Waals surface area contributed by atoms with Crippen molar-refractivity contribution in [3.63, 3.8) is 0 Å². The summed E-state index contributed by atoms with van der Waals surface area (Å²) < 4.78 is 13.3. The number of nitrogens with zero attached hydrogens (tertiary/aromatic N) is 1. The number of aromatic nitrogens is 1. The maximum Gasteiger partial charge on any atom is 0.230 e. The molecule has 21 heavy (non-hydrogen) atoms. The predicted octanol–water partition coefficient (Wildman–Crippen LogP) is 4.28. The van der Waals surface area contributed by atoms with Crippen LogP contribution in [0.1, 0.15) is 39.0 Å². The van der Waals surface area contributed by atoms with Crippen LogP contribution >= 0.6 is 0 Å². The minimum atomic E-state index is -0.299. The normalized spacial score (nSPS) is 17.6. The molecule has 0 atom stereocenters. The van der Waals surface area contributed by atoms with Crippen LogP contribution in [0.3, 0.4) is 0 Å². The molecule has 1 amide bonds. The summed E-state index contributed by atoms with van der Waals surface area (Å²) in [7, 11) is 0. The van der Waals surface area contributed by atoms with Crippen molar-refractivity contribution in [3.05, 3.63) is 36.3 Å². The molecule has 110 valence electrons. The van der Waals surface area contributed by atoms with E-state index in [0.717, 1.165) is 31.2 Å². The summed E-state index contributed by atoms with van der Waals surface area (Å²) in [6.07, 6.45) is 6.89. The fraction of sp³-hybridized carbons (Fsp3) is 0.412. The van der Waals surface area contributed by atoms with Gasteiger partial charge in [-0.05, 0) is 37.1 Å². The van der Waals surface area contributed by atoms with E-state index in [2.05, 4.69) is 10.3 Å². The van der Waals surface area contributed by atoms with Gasteiger partial charge in [0.2, 0.25) is 5.91 Å². The van der Waals surface area contributed by atoms with E-state index in [-0.39, 0.29) is 17.1 Å². The van der Waals surface area contributed by atoms with E-state index in [1.165, 1.54) is 18.6 Å². The topological polar surface area (TPSA) is 42.0 Å². The average Bonchev–Trinajstić information content (AvgIpc) is 2.47. The molecule has 1 aromatic carbocycles. The first-order chi connectivity index (χ1) is 10.1. The third-order valence-corrected chi connectivity index (χ3v) is 4.41. The van der Waals surface area contributed by atoms with Crippen molar-refractivity contribution in [1.29, 1.82) is 0 Å². The highest BCUT2D eigenvalue weighted by Crippen LogP contribution is 2.36. The predicted molar refractivity (Wildman–Crippen MR) is 81.5 cm³/mol. The number of amides is 1. The number of pyridine rings is 1. The van der Waals surface area contributed by atoms with Gasteiger partial charge in [0.05, 0.1) is 17.4 Å². The molecular weight excluding hydrogens is 267 g/mol. The molecule has 4 heteroatoms. The zero-order valence-electron chi connectivity index (χ0n) is 12.2. The van der Waals surface area contributed by atoms with Crippen LogP contribution in [-0.4, -0.2) is 10.9 Å². The van der Waals surface area contributed by atoms with Crippen LogP contribution in [0.25, 0.3) is 10.9 Å². The van der Waals surface area contributed by atoms with E-state index in [9.17, 15) is 9.18 Å². The monoisotopic (exact) mass is 286 g/mol. The Morgan fingerprint density at radius 3 is 2.76 bits per heavy atom. The lowest BCUT2D eigenvalue weighted by Crippen LogP contribution is -2.35. The molecule has 1 aliphatic rings. The van der Waals surface area contributed by atoms with E-state index in [1.807, 2.05) is 6.92 Å². The molecule has 0 bridgehead atoms. The number of halogens is 1. The van der Waals surface area contributed by atoms with Gasteiger partial charge in [0.1, 0.15) is 5.82 Å². The van der Waals surface area contributed by atoms with Crippen LogP contribution < -0.4 is 5.32 Å². The second kappa shape index (κ2) is 5.43. The van der Waals surface area contributed by atoms with Gasteiger partial charge in [-0.25, -0.2) is 4.39 Å². The summed E-state index contributed by atoms with van der Waals surface area (Å²) >= 11 is 0. The number of fused-ring (bicyclic) bond motifs is 1. The summed E-state index contributed by atoms with van der Waals surface area (Å²) in [4.78, 5) is 16.7. The Morgan fingerprint density at radius 2 is 2.00 bits per heavy atom. The quantitative estimate of drug-likeness (QED) is 0.895. The summed E-state index contributed by atoms with van der Waals surface area (Å²) in [5.74, 6) is -0.258. The molecule has 3 nitrogen and oxygen atoms in total. The van der Waals surface area contributed by atoms with Gasteiger partial charge < -0.3 is 5.32 Å². The lowest BCUT2D eigenvalue weighted by atomic mass is 9.75. The minimum absolute atomic E-state index is 0.0414. The molecule has 1 heterocycles. The first-order valence-corrected chi connectivity index (χ1v) is 7.44. The van der Waals surface area contributed by atoms with Crippen LogP contribution in [0.15, 0.2) is 30.5 Å². The number of nitrogens with one attached hydrogen (secondary N) is 1. The molecule has 0 radical (unpaired) electrons. The largest absolute Gasteiger partial charge is 0.324 e. The standard InChI is InChI=1S/C17H19FN2O/c1-17(7-3-2-4-8-17)16(21)20-14-10-12-9-13(18)5-6-15(12)19-11-14/h5-6,9-11H,2-4,7-8H2,1H3,(H,20,21). The molecule has 0 spiro atoms. The highest BCUT2D eigenvalue weighted by Gasteiger charge is 2.34. The molecule has 0 aliphatic heterocycles. The van der Waals surface area contributed by atoms with E-state index < -0.39 is 0 Å². The average molecular weight is 286 g/mol. The second-order valence-electron chi connectivity index (χ2n) is 6.14. The Morgan fingerprint density at radius 1 is 1.24 bits per heavy atom. The number of rotatable bonds is 2. The number of carbonyl (C=O) groups excluding carboxylic acids is 1. The first kappa shape index (κ1) is 14.0. The van der Waals surface area contributed by atoms with Crippen molar-refractivity contribution in [2.24, 2.45) is 5.41 Å².